The van der Waals surface area contributed by atoms with Crippen molar-refractivity contribution in [3.8, 4) is 0 Å². The van der Waals surface area contributed by atoms with Crippen molar-refractivity contribution in [1.82, 2.24) is 4.90 Å². The molecule has 0 bridgehead atoms. The Hall–Kier alpha value is -3.19. The molecule has 0 aromatic heterocycles. The first-order valence-corrected chi connectivity index (χ1v) is 10.2. The predicted octanol–water partition coefficient (Wildman–Crippen LogP) is 3.03. The van der Waals surface area contributed by atoms with Crippen LogP contribution in [0.1, 0.15) is 31.4 Å². The average Bonchev–Trinajstić information content (AvgIpc) is 3.16. The van der Waals surface area contributed by atoms with Crippen LogP contribution in [0.5, 0.6) is 0 Å². The summed E-state index contributed by atoms with van der Waals surface area (Å²) < 4.78 is 0. The highest BCUT2D eigenvalue weighted by Crippen LogP contribution is 2.24. The van der Waals surface area contributed by atoms with E-state index in [0.29, 0.717) is 17.9 Å². The third kappa shape index (κ3) is 6.15. The number of benzene rings is 2. The van der Waals surface area contributed by atoms with E-state index in [4.69, 9.17) is 0 Å². The molecule has 7 heteroatoms. The van der Waals surface area contributed by atoms with Crippen LogP contribution in [0.2, 0.25) is 0 Å². The molecule has 0 radical (unpaired) electrons. The molecule has 3 rings (SSSR count). The minimum Gasteiger partial charge on any atom is -0.326 e. The second-order valence-electron chi connectivity index (χ2n) is 7.50. The van der Waals surface area contributed by atoms with Crippen molar-refractivity contribution in [2.24, 2.45) is 0 Å². The maximum absolute atomic E-state index is 12.4. The van der Waals surface area contributed by atoms with Crippen molar-refractivity contribution in [2.45, 2.75) is 33.1 Å². The van der Waals surface area contributed by atoms with Crippen LogP contribution in [0.4, 0.5) is 17.1 Å². The van der Waals surface area contributed by atoms with Crippen LogP contribution in [0.3, 0.4) is 0 Å². The van der Waals surface area contributed by atoms with Gasteiger partial charge in [0.05, 0.1) is 13.1 Å². The fraction of sp³-hybridized carbons (Fsp3) is 0.348. The van der Waals surface area contributed by atoms with Gasteiger partial charge in [0.25, 0.3) is 0 Å². The fourth-order valence-corrected chi connectivity index (χ4v) is 3.58. The van der Waals surface area contributed by atoms with Crippen LogP contribution < -0.4 is 16.0 Å². The number of anilines is 3. The Morgan fingerprint density at radius 3 is 1.93 bits per heavy atom. The topological polar surface area (TPSA) is 90.5 Å². The Balaban J connectivity index is 1.48. The molecular formula is C23H28N4O3. The SMILES string of the molecule is CCN(CC(=O)Nc1ccc(NC(C)=O)cc1)CC(=O)Nc1ccc2c(c1)CCC2. The minimum atomic E-state index is -0.200. The summed E-state index contributed by atoms with van der Waals surface area (Å²) in [7, 11) is 0. The Bertz CT molecular complexity index is 925. The van der Waals surface area contributed by atoms with Gasteiger partial charge in [-0.3, -0.25) is 19.3 Å². The van der Waals surface area contributed by atoms with E-state index in [0.717, 1.165) is 18.5 Å². The molecule has 30 heavy (non-hydrogen) atoms. The molecule has 2 aromatic carbocycles. The Labute approximate surface area is 176 Å². The van der Waals surface area contributed by atoms with Gasteiger partial charge in [-0.25, -0.2) is 0 Å². The summed E-state index contributed by atoms with van der Waals surface area (Å²) in [5, 5.41) is 8.43. The fourth-order valence-electron chi connectivity index (χ4n) is 3.58. The maximum Gasteiger partial charge on any atom is 0.238 e. The van der Waals surface area contributed by atoms with Gasteiger partial charge in [0.2, 0.25) is 17.7 Å². The molecule has 7 nitrogen and oxygen atoms in total. The number of likely N-dealkylation sites (N-methyl/N-ethyl adjacent to an activating group) is 1. The number of carbonyl (C=O) groups excluding carboxylic acids is 3. The van der Waals surface area contributed by atoms with E-state index in [1.165, 1.54) is 24.5 Å². The summed E-state index contributed by atoms with van der Waals surface area (Å²) in [6.45, 7) is 4.18. The minimum absolute atomic E-state index is 0.113. The Morgan fingerprint density at radius 1 is 0.800 bits per heavy atom. The molecule has 1 aliphatic carbocycles. The van der Waals surface area contributed by atoms with Gasteiger partial charge in [-0.15, -0.1) is 0 Å². The van der Waals surface area contributed by atoms with E-state index in [9.17, 15) is 14.4 Å². The quantitative estimate of drug-likeness (QED) is 0.626. The maximum atomic E-state index is 12.4. The van der Waals surface area contributed by atoms with Gasteiger partial charge in [0, 0.05) is 24.0 Å². The smallest absolute Gasteiger partial charge is 0.238 e. The first kappa shape index (κ1) is 21.5. The van der Waals surface area contributed by atoms with E-state index in [-0.39, 0.29) is 30.8 Å². The van der Waals surface area contributed by atoms with Gasteiger partial charge >= 0.3 is 0 Å². The molecule has 0 saturated heterocycles. The van der Waals surface area contributed by atoms with E-state index in [1.807, 2.05) is 19.1 Å². The summed E-state index contributed by atoms with van der Waals surface area (Å²) in [5.41, 5.74) is 4.78. The van der Waals surface area contributed by atoms with E-state index < -0.39 is 0 Å². The van der Waals surface area contributed by atoms with E-state index in [1.54, 1.807) is 29.2 Å². The standard InChI is InChI=1S/C23H28N4O3/c1-3-27(14-22(29)25-20-11-9-19(10-12-20)24-16(2)28)15-23(30)26-21-8-7-17-5-4-6-18(17)13-21/h7-13H,3-6,14-15H2,1-2H3,(H,24,28)(H,25,29)(H,26,30). The number of hydrogen-bond acceptors (Lipinski definition) is 4. The molecule has 0 unspecified atom stereocenters. The molecular weight excluding hydrogens is 380 g/mol. The molecule has 0 fully saturated rings. The van der Waals surface area contributed by atoms with Gasteiger partial charge in [0.1, 0.15) is 0 Å². The average molecular weight is 409 g/mol. The molecule has 0 aliphatic heterocycles. The van der Waals surface area contributed by atoms with Crippen molar-refractivity contribution in [3.05, 3.63) is 53.6 Å². The van der Waals surface area contributed by atoms with Gasteiger partial charge in [-0.2, -0.15) is 0 Å². The monoisotopic (exact) mass is 408 g/mol. The molecule has 3 N–H and O–H groups in total. The molecule has 3 amide bonds. The molecule has 0 saturated carbocycles. The van der Waals surface area contributed by atoms with Crippen LogP contribution in [-0.2, 0) is 27.2 Å². The highest BCUT2D eigenvalue weighted by Gasteiger charge is 2.15. The molecule has 0 heterocycles. The summed E-state index contributed by atoms with van der Waals surface area (Å²) in [6.07, 6.45) is 3.34. The highest BCUT2D eigenvalue weighted by atomic mass is 16.2. The second kappa shape index (κ2) is 10.0. The molecule has 2 aromatic rings. The lowest BCUT2D eigenvalue weighted by Crippen LogP contribution is -2.38. The lowest BCUT2D eigenvalue weighted by molar-refractivity contribution is -0.120. The molecule has 0 spiro atoms. The van der Waals surface area contributed by atoms with Gasteiger partial charge in [-0.1, -0.05) is 13.0 Å². The van der Waals surface area contributed by atoms with Crippen molar-refractivity contribution in [3.63, 3.8) is 0 Å². The highest BCUT2D eigenvalue weighted by molar-refractivity contribution is 5.95. The van der Waals surface area contributed by atoms with Gasteiger partial charge < -0.3 is 16.0 Å². The van der Waals surface area contributed by atoms with Crippen LogP contribution >= 0.6 is 0 Å². The number of rotatable bonds is 8. The zero-order chi connectivity index (χ0) is 21.5. The third-order valence-electron chi connectivity index (χ3n) is 5.05. The molecule has 158 valence electrons. The number of carbonyl (C=O) groups is 3. The first-order valence-electron chi connectivity index (χ1n) is 10.2. The number of hydrogen-bond donors (Lipinski definition) is 3. The summed E-state index contributed by atoms with van der Waals surface area (Å²) in [6, 6.07) is 13.0. The Morgan fingerprint density at radius 2 is 1.33 bits per heavy atom. The lowest BCUT2D eigenvalue weighted by Gasteiger charge is -2.19. The van der Waals surface area contributed by atoms with Crippen molar-refractivity contribution in [1.29, 1.82) is 0 Å². The third-order valence-corrected chi connectivity index (χ3v) is 5.05. The zero-order valence-electron chi connectivity index (χ0n) is 17.5. The number of aryl methyl sites for hydroxylation is 2. The van der Waals surface area contributed by atoms with E-state index in [2.05, 4.69) is 22.0 Å². The van der Waals surface area contributed by atoms with Crippen molar-refractivity contribution in [2.75, 3.05) is 35.6 Å². The predicted molar refractivity (Wildman–Crippen MR) is 119 cm³/mol. The van der Waals surface area contributed by atoms with Crippen LogP contribution in [0.25, 0.3) is 0 Å². The van der Waals surface area contributed by atoms with E-state index >= 15 is 0 Å². The number of fused-ring (bicyclic) bond motifs is 1. The first-order chi connectivity index (χ1) is 14.4. The zero-order valence-corrected chi connectivity index (χ0v) is 17.5. The van der Waals surface area contributed by atoms with Crippen molar-refractivity contribution >= 4 is 34.8 Å². The van der Waals surface area contributed by atoms with Crippen LogP contribution in [-0.4, -0.2) is 42.3 Å². The molecule has 0 atom stereocenters. The van der Waals surface area contributed by atoms with Gasteiger partial charge in [0.15, 0.2) is 0 Å². The number of nitrogens with zero attached hydrogens (tertiary/aromatic N) is 1. The Kier molecular flexibility index (Phi) is 7.19. The summed E-state index contributed by atoms with van der Waals surface area (Å²) in [4.78, 5) is 37.6. The summed E-state index contributed by atoms with van der Waals surface area (Å²) >= 11 is 0. The lowest BCUT2D eigenvalue weighted by atomic mass is 10.1. The van der Waals surface area contributed by atoms with Crippen molar-refractivity contribution < 1.29 is 14.4 Å². The second-order valence-corrected chi connectivity index (χ2v) is 7.50. The number of nitrogens with one attached hydrogen (secondary N) is 3. The molecule has 1 aliphatic rings. The van der Waals surface area contributed by atoms with Crippen LogP contribution in [0.15, 0.2) is 42.5 Å². The number of amides is 3. The normalized spacial score (nSPS) is 12.4. The summed E-state index contributed by atoms with van der Waals surface area (Å²) in [5.74, 6) is -0.486. The van der Waals surface area contributed by atoms with Gasteiger partial charge in [-0.05, 0) is 73.3 Å². The van der Waals surface area contributed by atoms with Crippen LogP contribution in [0, 0.1) is 0 Å². The largest absolute Gasteiger partial charge is 0.326 e.